The van der Waals surface area contributed by atoms with E-state index in [0.29, 0.717) is 13.0 Å². The molecule has 84 valence electrons. The molecule has 0 spiro atoms. The maximum absolute atomic E-state index is 11.1. The smallest absolute Gasteiger partial charge is 0.472 e. The van der Waals surface area contributed by atoms with Gasteiger partial charge in [0.05, 0.1) is 0 Å². The van der Waals surface area contributed by atoms with Crippen LogP contribution in [0, 0.1) is 0 Å². The molecule has 0 amide bonds. The summed E-state index contributed by atoms with van der Waals surface area (Å²) in [6.07, 6.45) is 1.95. The first-order valence-electron chi connectivity index (χ1n) is 4.50. The minimum absolute atomic E-state index is 0.445. The third kappa shape index (κ3) is 6.98. The fourth-order valence-electron chi connectivity index (χ4n) is 0.893. The van der Waals surface area contributed by atoms with E-state index >= 15 is 0 Å². The quantitative estimate of drug-likeness (QED) is 0.322. The molecule has 0 saturated heterocycles. The summed E-state index contributed by atoms with van der Waals surface area (Å²) in [7, 11) is -3.78. The van der Waals surface area contributed by atoms with Gasteiger partial charge < -0.3 is 25.5 Å². The molecule has 0 aliphatic rings. The molecule has 0 fully saturated rings. The predicted molar refractivity (Wildman–Crippen MR) is 53.0 cm³/mol. The second kappa shape index (κ2) is 6.09. The highest BCUT2D eigenvalue weighted by atomic mass is 28.4. The number of unbranched alkanes of at least 4 members (excludes halogenated alkanes) is 1. The Morgan fingerprint density at radius 2 is 2.07 bits per heavy atom. The van der Waals surface area contributed by atoms with Gasteiger partial charge in [0.25, 0.3) is 0 Å². The monoisotopic (exact) mass is 222 g/mol. The zero-order valence-corrected chi connectivity index (χ0v) is 9.27. The molecule has 0 unspecified atom stereocenters. The van der Waals surface area contributed by atoms with E-state index in [-0.39, 0.29) is 0 Å². The van der Waals surface area contributed by atoms with Crippen molar-refractivity contribution in [2.24, 2.45) is 11.5 Å². The van der Waals surface area contributed by atoms with Crippen LogP contribution in [0.2, 0.25) is 6.55 Å². The molecule has 0 aliphatic heterocycles. The molecule has 0 aliphatic carbocycles. The van der Waals surface area contributed by atoms with Crippen LogP contribution >= 0.6 is 0 Å². The summed E-state index contributed by atoms with van der Waals surface area (Å²) in [4.78, 5) is 28.9. The summed E-state index contributed by atoms with van der Waals surface area (Å²) in [5.41, 5.74) is 10.7. The molecule has 0 bridgehead atoms. The number of carbonyl (C=O) groups excluding carboxylic acids is 1. The van der Waals surface area contributed by atoms with Gasteiger partial charge in [-0.3, -0.25) is 4.79 Å². The highest BCUT2D eigenvalue weighted by Gasteiger charge is 2.31. The van der Waals surface area contributed by atoms with Gasteiger partial charge in [-0.15, -0.1) is 0 Å². The molecule has 0 aromatic heterocycles. The van der Waals surface area contributed by atoms with Gasteiger partial charge in [-0.05, 0) is 19.4 Å². The topological polar surface area (TPSA) is 119 Å². The zero-order chi connectivity index (χ0) is 11.2. The molecular formula is C7H18N2O4Si. The standard InChI is InChI=1S/C7H18N2O4Si/c1-14(11,12)13-7(10)6(9)4-2-3-5-8/h6,11-12H,2-5,8-9H2,1H3/t6-/m0/s1. The van der Waals surface area contributed by atoms with Gasteiger partial charge in [-0.2, -0.15) is 0 Å². The lowest BCUT2D eigenvalue weighted by molar-refractivity contribution is -0.139. The van der Waals surface area contributed by atoms with E-state index in [1.54, 1.807) is 0 Å². The van der Waals surface area contributed by atoms with E-state index in [1.165, 1.54) is 0 Å². The van der Waals surface area contributed by atoms with Crippen LogP contribution in [-0.4, -0.2) is 37.0 Å². The Morgan fingerprint density at radius 1 is 1.50 bits per heavy atom. The van der Waals surface area contributed by atoms with E-state index < -0.39 is 20.8 Å². The molecule has 1 atom stereocenters. The summed E-state index contributed by atoms with van der Waals surface area (Å²) in [5, 5.41) is 0. The van der Waals surface area contributed by atoms with E-state index in [0.717, 1.165) is 19.4 Å². The van der Waals surface area contributed by atoms with Crippen molar-refractivity contribution in [3.63, 3.8) is 0 Å². The van der Waals surface area contributed by atoms with Crippen molar-refractivity contribution in [2.45, 2.75) is 31.9 Å². The van der Waals surface area contributed by atoms with Crippen LogP contribution in [0.4, 0.5) is 0 Å². The van der Waals surface area contributed by atoms with Gasteiger partial charge in [0.2, 0.25) is 0 Å². The van der Waals surface area contributed by atoms with Crippen LogP contribution in [0.5, 0.6) is 0 Å². The van der Waals surface area contributed by atoms with Crippen LogP contribution in [0.1, 0.15) is 19.3 Å². The van der Waals surface area contributed by atoms with Crippen molar-refractivity contribution in [2.75, 3.05) is 6.54 Å². The average Bonchev–Trinajstić information content (AvgIpc) is 2.01. The van der Waals surface area contributed by atoms with Crippen LogP contribution in [0.15, 0.2) is 0 Å². The highest BCUT2D eigenvalue weighted by Crippen LogP contribution is 2.03. The van der Waals surface area contributed by atoms with Crippen molar-refractivity contribution < 1.29 is 18.8 Å². The van der Waals surface area contributed by atoms with Crippen LogP contribution < -0.4 is 11.5 Å². The summed E-state index contributed by atoms with van der Waals surface area (Å²) in [6.45, 7) is 1.63. The van der Waals surface area contributed by atoms with Crippen molar-refractivity contribution in [1.82, 2.24) is 0 Å². The maximum Gasteiger partial charge on any atom is 0.559 e. The predicted octanol–water partition coefficient (Wildman–Crippen LogP) is -1.46. The molecule has 0 rings (SSSR count). The Bertz CT molecular complexity index is 183. The molecule has 7 heteroatoms. The zero-order valence-electron chi connectivity index (χ0n) is 8.27. The number of rotatable bonds is 6. The van der Waals surface area contributed by atoms with Gasteiger partial charge >= 0.3 is 14.8 Å². The summed E-state index contributed by atoms with van der Waals surface area (Å²) in [6, 6.07) is -0.798. The first-order chi connectivity index (χ1) is 6.37. The summed E-state index contributed by atoms with van der Waals surface area (Å²) < 4.78 is 4.38. The Kier molecular flexibility index (Phi) is 5.89. The molecule has 0 saturated carbocycles. The highest BCUT2D eigenvalue weighted by molar-refractivity contribution is 6.58. The van der Waals surface area contributed by atoms with Gasteiger partial charge in [0.15, 0.2) is 0 Å². The fourth-order valence-corrected chi connectivity index (χ4v) is 1.43. The lowest BCUT2D eigenvalue weighted by atomic mass is 10.1. The van der Waals surface area contributed by atoms with Gasteiger partial charge in [0.1, 0.15) is 6.04 Å². The lowest BCUT2D eigenvalue weighted by Gasteiger charge is -2.16. The SMILES string of the molecule is C[Si](O)(O)OC(=O)[C@@H](N)CCCCN. The molecule has 6 N–H and O–H groups in total. The third-order valence-corrected chi connectivity index (χ3v) is 2.15. The van der Waals surface area contributed by atoms with Crippen molar-refractivity contribution in [3.05, 3.63) is 0 Å². The van der Waals surface area contributed by atoms with Gasteiger partial charge in [0, 0.05) is 6.55 Å². The second-order valence-electron chi connectivity index (χ2n) is 3.25. The van der Waals surface area contributed by atoms with E-state index in [1.807, 2.05) is 0 Å². The number of nitrogens with two attached hydrogens (primary N) is 2. The molecular weight excluding hydrogens is 204 g/mol. The van der Waals surface area contributed by atoms with E-state index in [9.17, 15) is 4.79 Å². The Hall–Kier alpha value is -0.473. The largest absolute Gasteiger partial charge is 0.559 e. The summed E-state index contributed by atoms with van der Waals surface area (Å²) >= 11 is 0. The lowest BCUT2D eigenvalue weighted by Crippen LogP contribution is -2.43. The number of hydrogen-bond donors (Lipinski definition) is 4. The molecule has 6 nitrogen and oxygen atoms in total. The molecule has 0 radical (unpaired) electrons. The fraction of sp³-hybridized carbons (Fsp3) is 0.857. The second-order valence-corrected chi connectivity index (χ2v) is 5.32. The van der Waals surface area contributed by atoms with E-state index in [2.05, 4.69) is 4.43 Å². The van der Waals surface area contributed by atoms with Crippen molar-refractivity contribution in [1.29, 1.82) is 0 Å². The van der Waals surface area contributed by atoms with Crippen molar-refractivity contribution in [3.8, 4) is 0 Å². The molecule has 0 heterocycles. The third-order valence-electron chi connectivity index (χ3n) is 1.57. The molecule has 0 aromatic rings. The number of carbonyl (C=O) groups is 1. The minimum Gasteiger partial charge on any atom is -0.472 e. The van der Waals surface area contributed by atoms with Crippen molar-refractivity contribution >= 4 is 14.8 Å². The normalized spacial score (nSPS) is 13.8. The van der Waals surface area contributed by atoms with Gasteiger partial charge in [-0.25, -0.2) is 0 Å². The average molecular weight is 222 g/mol. The summed E-state index contributed by atoms with van der Waals surface area (Å²) in [5.74, 6) is -0.763. The Labute approximate surface area is 84.2 Å². The molecule has 0 aromatic carbocycles. The van der Waals surface area contributed by atoms with E-state index in [4.69, 9.17) is 21.1 Å². The Balaban J connectivity index is 3.77. The van der Waals surface area contributed by atoms with Crippen LogP contribution in [0.3, 0.4) is 0 Å². The first kappa shape index (κ1) is 13.5. The Morgan fingerprint density at radius 3 is 2.50 bits per heavy atom. The minimum atomic E-state index is -3.78. The molecule has 14 heavy (non-hydrogen) atoms. The maximum atomic E-state index is 11.1. The van der Waals surface area contributed by atoms with Gasteiger partial charge in [-0.1, -0.05) is 6.42 Å². The first-order valence-corrected chi connectivity index (χ1v) is 6.80. The van der Waals surface area contributed by atoms with Crippen LogP contribution in [-0.2, 0) is 9.22 Å². The number of hydrogen-bond acceptors (Lipinski definition) is 6. The van der Waals surface area contributed by atoms with Crippen LogP contribution in [0.25, 0.3) is 0 Å².